The highest BCUT2D eigenvalue weighted by atomic mass is 79.9. The molecule has 9 heavy (non-hydrogen) atoms. The van der Waals surface area contributed by atoms with E-state index in [2.05, 4.69) is 26.4 Å². The van der Waals surface area contributed by atoms with Crippen molar-refractivity contribution in [1.82, 2.24) is 0 Å². The van der Waals surface area contributed by atoms with Crippen LogP contribution in [0.4, 0.5) is 9.18 Å². The van der Waals surface area contributed by atoms with Crippen molar-refractivity contribution in [3.63, 3.8) is 0 Å². The first-order chi connectivity index (χ1) is 4.16. The molecule has 0 rings (SSSR count). The van der Waals surface area contributed by atoms with Crippen molar-refractivity contribution in [1.29, 1.82) is 0 Å². The van der Waals surface area contributed by atoms with Crippen molar-refractivity contribution in [2.75, 3.05) is 11.9 Å². The Kier molecular flexibility index (Phi) is 4.39. The molecule has 1 amide bonds. The van der Waals surface area contributed by atoms with Gasteiger partial charge in [0.1, 0.15) is 12.8 Å². The third-order valence-electron chi connectivity index (χ3n) is 0.574. The van der Waals surface area contributed by atoms with E-state index in [4.69, 9.17) is 0 Å². The molecule has 0 bridgehead atoms. The first kappa shape index (κ1) is 8.68. The predicted molar refractivity (Wildman–Crippen MR) is 34.2 cm³/mol. The molecule has 2 N–H and O–H groups in total. The van der Waals surface area contributed by atoms with Gasteiger partial charge in [0.25, 0.3) is 0 Å². The molecule has 0 aliphatic heterocycles. The number of nitrogens with two attached hydrogens (primary N) is 1. The third-order valence-corrected chi connectivity index (χ3v) is 1.28. The van der Waals surface area contributed by atoms with Crippen LogP contribution in [0.2, 0.25) is 0 Å². The Balaban J connectivity index is 3.16. The van der Waals surface area contributed by atoms with Crippen molar-refractivity contribution < 1.29 is 13.9 Å². The van der Waals surface area contributed by atoms with Gasteiger partial charge in [0.15, 0.2) is 0 Å². The molecule has 0 aliphatic rings. The smallest absolute Gasteiger partial charge is 0.404 e. The Morgan fingerprint density at radius 2 is 2.44 bits per heavy atom. The van der Waals surface area contributed by atoms with E-state index in [1.807, 2.05) is 0 Å². The second-order valence-corrected chi connectivity index (χ2v) is 2.03. The molecular weight excluding hydrogens is 193 g/mol. The summed E-state index contributed by atoms with van der Waals surface area (Å²) in [4.78, 5) is 9.84. The van der Waals surface area contributed by atoms with Crippen LogP contribution in [0.1, 0.15) is 0 Å². The van der Waals surface area contributed by atoms with Gasteiger partial charge in [-0.2, -0.15) is 0 Å². The molecule has 5 heteroatoms. The van der Waals surface area contributed by atoms with Gasteiger partial charge in [-0.1, -0.05) is 15.9 Å². The highest BCUT2D eigenvalue weighted by molar-refractivity contribution is 9.09. The molecule has 0 aromatic heterocycles. The summed E-state index contributed by atoms with van der Waals surface area (Å²) in [6.07, 6.45) is -2.11. The van der Waals surface area contributed by atoms with E-state index < -0.39 is 12.3 Å². The van der Waals surface area contributed by atoms with Crippen LogP contribution in [-0.2, 0) is 4.74 Å². The molecule has 3 nitrogen and oxygen atoms in total. The van der Waals surface area contributed by atoms with Gasteiger partial charge < -0.3 is 10.5 Å². The molecule has 0 saturated heterocycles. The van der Waals surface area contributed by atoms with Crippen LogP contribution in [0.25, 0.3) is 0 Å². The maximum absolute atomic E-state index is 12.1. The van der Waals surface area contributed by atoms with E-state index >= 15 is 0 Å². The van der Waals surface area contributed by atoms with Crippen LogP contribution < -0.4 is 5.73 Å². The van der Waals surface area contributed by atoms with Gasteiger partial charge in [0, 0.05) is 5.33 Å². The lowest BCUT2D eigenvalue weighted by molar-refractivity contribution is 0.127. The second kappa shape index (κ2) is 4.55. The van der Waals surface area contributed by atoms with Crippen molar-refractivity contribution in [2.45, 2.75) is 6.17 Å². The zero-order valence-electron chi connectivity index (χ0n) is 4.64. The fourth-order valence-corrected chi connectivity index (χ4v) is 0.404. The summed E-state index contributed by atoms with van der Waals surface area (Å²) in [6, 6.07) is 0. The van der Waals surface area contributed by atoms with Crippen LogP contribution in [0.15, 0.2) is 0 Å². The molecule has 1 unspecified atom stereocenters. The number of hydrogen-bond acceptors (Lipinski definition) is 2. The minimum Gasteiger partial charge on any atom is -0.447 e. The molecule has 0 heterocycles. The molecule has 0 radical (unpaired) electrons. The first-order valence-electron chi connectivity index (χ1n) is 2.29. The average Bonchev–Trinajstić information content (AvgIpc) is 1.83. The van der Waals surface area contributed by atoms with Crippen molar-refractivity contribution >= 4 is 22.0 Å². The lowest BCUT2D eigenvalue weighted by Crippen LogP contribution is -2.20. The van der Waals surface area contributed by atoms with Crippen molar-refractivity contribution in [3.05, 3.63) is 0 Å². The monoisotopic (exact) mass is 199 g/mol. The maximum atomic E-state index is 12.1. The number of alkyl halides is 2. The lowest BCUT2D eigenvalue weighted by atomic mass is 10.5. The maximum Gasteiger partial charge on any atom is 0.404 e. The largest absolute Gasteiger partial charge is 0.447 e. The minimum atomic E-state index is -1.17. The van der Waals surface area contributed by atoms with E-state index in [-0.39, 0.29) is 11.9 Å². The van der Waals surface area contributed by atoms with Crippen LogP contribution >= 0.6 is 15.9 Å². The Hall–Kier alpha value is -0.320. The Morgan fingerprint density at radius 3 is 2.78 bits per heavy atom. The Bertz CT molecular complexity index is 101. The Labute approximate surface area is 60.5 Å². The van der Waals surface area contributed by atoms with E-state index in [1.54, 1.807) is 0 Å². The normalized spacial score (nSPS) is 12.7. The van der Waals surface area contributed by atoms with Gasteiger partial charge in [-0.15, -0.1) is 0 Å². The number of carbonyl (C=O) groups is 1. The average molecular weight is 200 g/mol. The summed E-state index contributed by atoms with van der Waals surface area (Å²) >= 11 is 2.86. The van der Waals surface area contributed by atoms with Crippen LogP contribution in [0.5, 0.6) is 0 Å². The van der Waals surface area contributed by atoms with E-state index in [1.165, 1.54) is 0 Å². The number of carbonyl (C=O) groups excluding carboxylic acids is 1. The summed E-state index contributed by atoms with van der Waals surface area (Å²) in [5.41, 5.74) is 4.55. The fourth-order valence-electron chi connectivity index (χ4n) is 0.217. The number of amides is 1. The zero-order chi connectivity index (χ0) is 7.28. The third kappa shape index (κ3) is 5.55. The SMILES string of the molecule is NC(=O)OCC(F)CBr. The summed E-state index contributed by atoms with van der Waals surface area (Å²) in [5.74, 6) is 0. The topological polar surface area (TPSA) is 52.3 Å². The van der Waals surface area contributed by atoms with Gasteiger partial charge in [-0.05, 0) is 0 Å². The van der Waals surface area contributed by atoms with Crippen LogP contribution in [0, 0.1) is 0 Å². The highest BCUT2D eigenvalue weighted by Crippen LogP contribution is 1.95. The quantitative estimate of drug-likeness (QED) is 0.685. The number of primary amides is 1. The number of rotatable bonds is 3. The van der Waals surface area contributed by atoms with E-state index in [9.17, 15) is 9.18 Å². The molecular formula is C4H7BrFNO2. The standard InChI is InChI=1S/C4H7BrFNO2/c5-1-3(6)2-9-4(7)8/h3H,1-2H2,(H2,7,8). The van der Waals surface area contributed by atoms with Crippen LogP contribution in [0.3, 0.4) is 0 Å². The first-order valence-corrected chi connectivity index (χ1v) is 3.41. The van der Waals surface area contributed by atoms with E-state index in [0.717, 1.165) is 0 Å². The fraction of sp³-hybridized carbons (Fsp3) is 0.750. The summed E-state index contributed by atoms with van der Waals surface area (Å²) < 4.78 is 16.2. The number of hydrogen-bond donors (Lipinski definition) is 1. The summed E-state index contributed by atoms with van der Waals surface area (Å²) in [7, 11) is 0. The lowest BCUT2D eigenvalue weighted by Gasteiger charge is -2.02. The zero-order valence-corrected chi connectivity index (χ0v) is 6.23. The van der Waals surface area contributed by atoms with Gasteiger partial charge in [0.2, 0.25) is 0 Å². The highest BCUT2D eigenvalue weighted by Gasteiger charge is 2.04. The minimum absolute atomic E-state index is 0.153. The van der Waals surface area contributed by atoms with Crippen molar-refractivity contribution in [2.24, 2.45) is 5.73 Å². The van der Waals surface area contributed by atoms with Gasteiger partial charge in [-0.3, -0.25) is 0 Å². The van der Waals surface area contributed by atoms with Gasteiger partial charge >= 0.3 is 6.09 Å². The van der Waals surface area contributed by atoms with Gasteiger partial charge in [-0.25, -0.2) is 9.18 Å². The van der Waals surface area contributed by atoms with Gasteiger partial charge in [0.05, 0.1) is 0 Å². The molecule has 0 aromatic carbocycles. The van der Waals surface area contributed by atoms with Crippen molar-refractivity contribution in [3.8, 4) is 0 Å². The number of halogens is 2. The summed E-state index contributed by atoms with van der Waals surface area (Å²) in [5, 5.41) is 0.153. The molecule has 0 spiro atoms. The second-order valence-electron chi connectivity index (χ2n) is 1.38. The number of ether oxygens (including phenoxy) is 1. The summed E-state index contributed by atoms with van der Waals surface area (Å²) in [6.45, 7) is -0.277. The molecule has 0 saturated carbocycles. The Morgan fingerprint density at radius 1 is 1.89 bits per heavy atom. The molecule has 0 fully saturated rings. The predicted octanol–water partition coefficient (Wildman–Crippen LogP) is 0.815. The molecule has 1 atom stereocenters. The molecule has 0 aliphatic carbocycles. The van der Waals surface area contributed by atoms with Crippen LogP contribution in [-0.4, -0.2) is 24.2 Å². The van der Waals surface area contributed by atoms with E-state index in [0.29, 0.717) is 0 Å². The molecule has 0 aromatic rings. The molecule has 54 valence electrons.